The highest BCUT2D eigenvalue weighted by atomic mass is 15.2. The van der Waals surface area contributed by atoms with Gasteiger partial charge >= 0.3 is 0 Å². The Morgan fingerprint density at radius 3 is 2.33 bits per heavy atom. The standard InChI is InChI=1S/C16H34N2/c1-7-9-17-12-16(5,6)13-18-10-8-14(11-18)15(2,3)4/h14,17H,7-13H2,1-6H3. The van der Waals surface area contributed by atoms with Crippen LogP contribution in [0.25, 0.3) is 0 Å². The third-order valence-electron chi connectivity index (χ3n) is 4.18. The summed E-state index contributed by atoms with van der Waals surface area (Å²) in [4.78, 5) is 2.67. The molecule has 108 valence electrons. The molecule has 1 rings (SSSR count). The monoisotopic (exact) mass is 254 g/mol. The zero-order valence-corrected chi connectivity index (χ0v) is 13.5. The van der Waals surface area contributed by atoms with E-state index in [-0.39, 0.29) is 0 Å². The molecule has 1 atom stereocenters. The lowest BCUT2D eigenvalue weighted by Gasteiger charge is -2.32. The van der Waals surface area contributed by atoms with Gasteiger partial charge in [-0.2, -0.15) is 0 Å². The highest BCUT2D eigenvalue weighted by Gasteiger charge is 2.33. The number of nitrogens with one attached hydrogen (secondary N) is 1. The van der Waals surface area contributed by atoms with E-state index < -0.39 is 0 Å². The highest BCUT2D eigenvalue weighted by Crippen LogP contribution is 2.34. The van der Waals surface area contributed by atoms with Gasteiger partial charge < -0.3 is 10.2 Å². The summed E-state index contributed by atoms with van der Waals surface area (Å²) >= 11 is 0. The Hall–Kier alpha value is -0.0800. The van der Waals surface area contributed by atoms with E-state index in [2.05, 4.69) is 51.8 Å². The van der Waals surface area contributed by atoms with E-state index in [0.29, 0.717) is 10.8 Å². The lowest BCUT2D eigenvalue weighted by Crippen LogP contribution is -2.40. The number of hydrogen-bond acceptors (Lipinski definition) is 2. The summed E-state index contributed by atoms with van der Waals surface area (Å²) in [6.07, 6.45) is 2.61. The minimum atomic E-state index is 0.391. The molecule has 1 saturated heterocycles. The molecule has 0 spiro atoms. The van der Waals surface area contributed by atoms with Crippen molar-refractivity contribution in [1.82, 2.24) is 10.2 Å². The fourth-order valence-corrected chi connectivity index (χ4v) is 2.95. The van der Waals surface area contributed by atoms with Crippen LogP contribution in [0.2, 0.25) is 0 Å². The van der Waals surface area contributed by atoms with Gasteiger partial charge in [0.1, 0.15) is 0 Å². The molecule has 1 N–H and O–H groups in total. The Morgan fingerprint density at radius 1 is 1.17 bits per heavy atom. The molecule has 0 aromatic carbocycles. The largest absolute Gasteiger partial charge is 0.316 e. The van der Waals surface area contributed by atoms with Crippen LogP contribution in [0.15, 0.2) is 0 Å². The van der Waals surface area contributed by atoms with Crippen molar-refractivity contribution in [3.05, 3.63) is 0 Å². The van der Waals surface area contributed by atoms with Gasteiger partial charge in [-0.1, -0.05) is 41.5 Å². The van der Waals surface area contributed by atoms with E-state index >= 15 is 0 Å². The third-order valence-corrected chi connectivity index (χ3v) is 4.18. The second-order valence-electron chi connectivity index (χ2n) is 7.93. The maximum absolute atomic E-state index is 3.56. The summed E-state index contributed by atoms with van der Waals surface area (Å²) in [5.41, 5.74) is 0.862. The summed E-state index contributed by atoms with van der Waals surface area (Å²) < 4.78 is 0. The first kappa shape index (κ1) is 16.0. The Balaban J connectivity index is 2.35. The SMILES string of the molecule is CCCNCC(C)(C)CN1CCC(C(C)(C)C)C1. The van der Waals surface area contributed by atoms with Crippen molar-refractivity contribution in [1.29, 1.82) is 0 Å². The molecule has 0 radical (unpaired) electrons. The van der Waals surface area contributed by atoms with Crippen LogP contribution in [0.4, 0.5) is 0 Å². The molecule has 0 aromatic heterocycles. The van der Waals surface area contributed by atoms with E-state index in [1.807, 2.05) is 0 Å². The number of hydrogen-bond donors (Lipinski definition) is 1. The summed E-state index contributed by atoms with van der Waals surface area (Å²) in [6.45, 7) is 20.3. The minimum absolute atomic E-state index is 0.391. The third kappa shape index (κ3) is 5.27. The zero-order valence-electron chi connectivity index (χ0n) is 13.5. The van der Waals surface area contributed by atoms with Crippen molar-refractivity contribution in [2.24, 2.45) is 16.7 Å². The summed E-state index contributed by atoms with van der Waals surface area (Å²) in [7, 11) is 0. The molecule has 1 unspecified atom stereocenters. The van der Waals surface area contributed by atoms with Crippen LogP contribution in [0, 0.1) is 16.7 Å². The average molecular weight is 254 g/mol. The van der Waals surface area contributed by atoms with Gasteiger partial charge in [-0.3, -0.25) is 0 Å². The fourth-order valence-electron chi connectivity index (χ4n) is 2.95. The van der Waals surface area contributed by atoms with E-state index in [4.69, 9.17) is 0 Å². The quantitative estimate of drug-likeness (QED) is 0.731. The molecule has 0 saturated carbocycles. The van der Waals surface area contributed by atoms with Crippen LogP contribution in [-0.2, 0) is 0 Å². The molecular weight excluding hydrogens is 220 g/mol. The predicted molar refractivity (Wildman–Crippen MR) is 80.9 cm³/mol. The van der Waals surface area contributed by atoms with Crippen molar-refractivity contribution < 1.29 is 0 Å². The van der Waals surface area contributed by atoms with Gasteiger partial charge in [-0.15, -0.1) is 0 Å². The maximum atomic E-state index is 3.56. The van der Waals surface area contributed by atoms with Crippen molar-refractivity contribution in [3.8, 4) is 0 Å². The highest BCUT2D eigenvalue weighted by molar-refractivity contribution is 4.86. The fraction of sp³-hybridized carbons (Fsp3) is 1.00. The molecule has 18 heavy (non-hydrogen) atoms. The van der Waals surface area contributed by atoms with E-state index in [1.54, 1.807) is 0 Å². The van der Waals surface area contributed by atoms with Gasteiger partial charge in [-0.05, 0) is 42.7 Å². The first-order chi connectivity index (χ1) is 8.24. The van der Waals surface area contributed by atoms with Crippen LogP contribution in [0.1, 0.15) is 54.4 Å². The maximum Gasteiger partial charge on any atom is 0.00449 e. The van der Waals surface area contributed by atoms with Crippen molar-refractivity contribution in [2.75, 3.05) is 32.7 Å². The molecule has 0 aromatic rings. The molecule has 2 nitrogen and oxygen atoms in total. The van der Waals surface area contributed by atoms with Crippen LogP contribution < -0.4 is 5.32 Å². The van der Waals surface area contributed by atoms with Crippen molar-refractivity contribution in [2.45, 2.75) is 54.4 Å². The molecule has 1 aliphatic rings. The lowest BCUT2D eigenvalue weighted by molar-refractivity contribution is 0.178. The smallest absolute Gasteiger partial charge is 0.00449 e. The molecule has 0 aliphatic carbocycles. The van der Waals surface area contributed by atoms with Crippen molar-refractivity contribution >= 4 is 0 Å². The summed E-state index contributed by atoms with van der Waals surface area (Å²) in [5.74, 6) is 0.872. The Bertz CT molecular complexity index is 240. The van der Waals surface area contributed by atoms with Gasteiger partial charge in [0.05, 0.1) is 0 Å². The zero-order chi connectivity index (χ0) is 13.8. The van der Waals surface area contributed by atoms with Gasteiger partial charge in [-0.25, -0.2) is 0 Å². The minimum Gasteiger partial charge on any atom is -0.316 e. The second-order valence-corrected chi connectivity index (χ2v) is 7.93. The summed E-state index contributed by atoms with van der Waals surface area (Å²) in [6, 6.07) is 0. The molecule has 1 heterocycles. The second kappa shape index (κ2) is 6.38. The molecular formula is C16H34N2. The average Bonchev–Trinajstić information content (AvgIpc) is 2.65. The van der Waals surface area contributed by atoms with E-state index in [1.165, 1.54) is 32.5 Å². The van der Waals surface area contributed by atoms with E-state index in [9.17, 15) is 0 Å². The normalized spacial score (nSPS) is 22.7. The molecule has 2 heteroatoms. The van der Waals surface area contributed by atoms with Crippen LogP contribution in [0.5, 0.6) is 0 Å². The number of likely N-dealkylation sites (tertiary alicyclic amines) is 1. The van der Waals surface area contributed by atoms with Gasteiger partial charge in [0, 0.05) is 19.6 Å². The molecule has 1 aliphatic heterocycles. The van der Waals surface area contributed by atoms with Gasteiger partial charge in [0.2, 0.25) is 0 Å². The number of rotatable bonds is 6. The lowest BCUT2D eigenvalue weighted by atomic mass is 9.80. The van der Waals surface area contributed by atoms with Crippen LogP contribution in [-0.4, -0.2) is 37.6 Å². The van der Waals surface area contributed by atoms with Gasteiger partial charge in [0.15, 0.2) is 0 Å². The predicted octanol–water partition coefficient (Wildman–Crippen LogP) is 3.38. The van der Waals surface area contributed by atoms with Gasteiger partial charge in [0.25, 0.3) is 0 Å². The summed E-state index contributed by atoms with van der Waals surface area (Å²) in [5, 5.41) is 3.56. The first-order valence-electron chi connectivity index (χ1n) is 7.68. The molecule has 1 fully saturated rings. The first-order valence-corrected chi connectivity index (χ1v) is 7.68. The Morgan fingerprint density at radius 2 is 1.83 bits per heavy atom. The number of nitrogens with zero attached hydrogens (tertiary/aromatic N) is 1. The topological polar surface area (TPSA) is 15.3 Å². The molecule has 0 amide bonds. The van der Waals surface area contributed by atoms with Crippen molar-refractivity contribution in [3.63, 3.8) is 0 Å². The van der Waals surface area contributed by atoms with Crippen LogP contribution in [0.3, 0.4) is 0 Å². The Labute approximate surface area is 115 Å². The molecule has 0 bridgehead atoms. The Kier molecular flexibility index (Phi) is 5.67. The van der Waals surface area contributed by atoms with E-state index in [0.717, 1.165) is 19.0 Å². The van der Waals surface area contributed by atoms with Crippen LogP contribution >= 0.6 is 0 Å².